The second-order valence-electron chi connectivity index (χ2n) is 8.42. The standard InChI is InChI=1S/C23H22F3N5O3/c1-13-7-17(15-8-19(14(2)27-9-15)34-12-23(24,25)26)28-18-10-30(22(32)21(13)18)20-3-5-31(29-20)16-4-6-33-11-16/h3,5,7-9,16H,4,6,10-12H2,1-2H3. The summed E-state index contributed by atoms with van der Waals surface area (Å²) in [5, 5.41) is 4.58. The molecule has 5 heterocycles. The van der Waals surface area contributed by atoms with Crippen molar-refractivity contribution < 1.29 is 27.4 Å². The number of nitrogens with zero attached hydrogens (tertiary/aromatic N) is 5. The lowest BCUT2D eigenvalue weighted by Crippen LogP contribution is -2.24. The molecule has 34 heavy (non-hydrogen) atoms. The Labute approximate surface area is 193 Å². The topological polar surface area (TPSA) is 82.4 Å². The van der Waals surface area contributed by atoms with Gasteiger partial charge in [-0.2, -0.15) is 18.3 Å². The lowest BCUT2D eigenvalue weighted by atomic mass is 10.0. The van der Waals surface area contributed by atoms with Crippen LogP contribution in [0.1, 0.15) is 39.8 Å². The third kappa shape index (κ3) is 4.23. The first-order valence-electron chi connectivity index (χ1n) is 10.8. The maximum atomic E-state index is 13.1. The van der Waals surface area contributed by atoms with Gasteiger partial charge in [-0.1, -0.05) is 0 Å². The van der Waals surface area contributed by atoms with Gasteiger partial charge in [0.1, 0.15) is 5.75 Å². The van der Waals surface area contributed by atoms with E-state index in [4.69, 9.17) is 9.47 Å². The number of carbonyl (C=O) groups is 1. The number of ether oxygens (including phenoxy) is 2. The third-order valence-corrected chi connectivity index (χ3v) is 5.94. The van der Waals surface area contributed by atoms with Crippen LogP contribution >= 0.6 is 0 Å². The average Bonchev–Trinajstić information content (AvgIpc) is 3.52. The summed E-state index contributed by atoms with van der Waals surface area (Å²) >= 11 is 0. The van der Waals surface area contributed by atoms with Crippen LogP contribution in [0.25, 0.3) is 11.3 Å². The van der Waals surface area contributed by atoms with Crippen LogP contribution in [-0.4, -0.2) is 51.7 Å². The number of carbonyl (C=O) groups excluding carboxylic acids is 1. The minimum absolute atomic E-state index is 0.0360. The van der Waals surface area contributed by atoms with E-state index in [1.807, 2.05) is 17.8 Å². The summed E-state index contributed by atoms with van der Waals surface area (Å²) in [6, 6.07) is 5.17. The van der Waals surface area contributed by atoms with Gasteiger partial charge in [0.15, 0.2) is 12.4 Å². The van der Waals surface area contributed by atoms with Crippen LogP contribution in [-0.2, 0) is 11.3 Å². The zero-order valence-electron chi connectivity index (χ0n) is 18.6. The van der Waals surface area contributed by atoms with Crippen molar-refractivity contribution in [2.75, 3.05) is 24.7 Å². The third-order valence-electron chi connectivity index (χ3n) is 5.94. The second kappa shape index (κ2) is 8.39. The lowest BCUT2D eigenvalue weighted by molar-refractivity contribution is -0.153. The van der Waals surface area contributed by atoms with E-state index in [0.717, 1.165) is 12.0 Å². The van der Waals surface area contributed by atoms with E-state index in [9.17, 15) is 18.0 Å². The van der Waals surface area contributed by atoms with Crippen molar-refractivity contribution in [1.82, 2.24) is 19.7 Å². The Balaban J connectivity index is 1.42. The van der Waals surface area contributed by atoms with E-state index >= 15 is 0 Å². The number of aromatic nitrogens is 4. The van der Waals surface area contributed by atoms with E-state index in [2.05, 4.69) is 15.1 Å². The molecule has 1 amide bonds. The molecular weight excluding hydrogens is 451 g/mol. The van der Waals surface area contributed by atoms with Gasteiger partial charge in [0.2, 0.25) is 0 Å². The van der Waals surface area contributed by atoms with Crippen molar-refractivity contribution >= 4 is 11.7 Å². The van der Waals surface area contributed by atoms with E-state index in [-0.39, 0.29) is 24.2 Å². The summed E-state index contributed by atoms with van der Waals surface area (Å²) in [4.78, 5) is 23.5. The first kappa shape index (κ1) is 22.3. The van der Waals surface area contributed by atoms with Crippen LogP contribution < -0.4 is 9.64 Å². The molecule has 11 heteroatoms. The smallest absolute Gasteiger partial charge is 0.422 e. The molecule has 1 atom stereocenters. The maximum Gasteiger partial charge on any atom is 0.422 e. The van der Waals surface area contributed by atoms with Gasteiger partial charge in [-0.05, 0) is 38.0 Å². The highest BCUT2D eigenvalue weighted by Gasteiger charge is 2.34. The highest BCUT2D eigenvalue weighted by molar-refractivity contribution is 6.10. The van der Waals surface area contributed by atoms with E-state index in [0.29, 0.717) is 47.2 Å². The molecule has 1 fully saturated rings. The molecule has 0 N–H and O–H groups in total. The number of fused-ring (bicyclic) bond motifs is 1. The molecule has 2 aliphatic heterocycles. The molecule has 0 bridgehead atoms. The van der Waals surface area contributed by atoms with Crippen LogP contribution in [0.4, 0.5) is 19.0 Å². The Morgan fingerprint density at radius 2 is 2.09 bits per heavy atom. The highest BCUT2D eigenvalue weighted by atomic mass is 19.4. The van der Waals surface area contributed by atoms with Gasteiger partial charge < -0.3 is 9.47 Å². The molecule has 0 saturated carbocycles. The SMILES string of the molecule is Cc1cc(-c2cnc(C)c(OCC(F)(F)F)c2)nc2c1C(=O)N(c1ccn(C3CCOC3)n1)C2. The second-order valence-corrected chi connectivity index (χ2v) is 8.42. The monoisotopic (exact) mass is 473 g/mol. The first-order chi connectivity index (χ1) is 16.2. The van der Waals surface area contributed by atoms with Crippen LogP contribution in [0.2, 0.25) is 0 Å². The molecule has 3 aromatic rings. The minimum Gasteiger partial charge on any atom is -0.482 e. The molecule has 0 radical (unpaired) electrons. The van der Waals surface area contributed by atoms with Gasteiger partial charge in [-0.25, -0.2) is 0 Å². The Morgan fingerprint density at radius 3 is 2.82 bits per heavy atom. The number of hydrogen-bond donors (Lipinski definition) is 0. The highest BCUT2D eigenvalue weighted by Crippen LogP contribution is 2.33. The van der Waals surface area contributed by atoms with Crippen molar-refractivity contribution in [2.24, 2.45) is 0 Å². The van der Waals surface area contributed by atoms with Crippen LogP contribution in [0.15, 0.2) is 30.6 Å². The molecule has 1 unspecified atom stereocenters. The molecule has 178 valence electrons. The zero-order chi connectivity index (χ0) is 24.0. The Morgan fingerprint density at radius 1 is 1.26 bits per heavy atom. The van der Waals surface area contributed by atoms with Crippen LogP contribution in [0, 0.1) is 13.8 Å². The summed E-state index contributed by atoms with van der Waals surface area (Å²) in [7, 11) is 0. The summed E-state index contributed by atoms with van der Waals surface area (Å²) in [6.07, 6.45) is -0.202. The molecule has 5 rings (SSSR count). The van der Waals surface area contributed by atoms with E-state index in [1.54, 1.807) is 24.0 Å². The molecule has 0 aromatic carbocycles. The minimum atomic E-state index is -4.45. The number of anilines is 1. The fourth-order valence-electron chi connectivity index (χ4n) is 4.20. The summed E-state index contributed by atoms with van der Waals surface area (Å²) in [6.45, 7) is 3.51. The van der Waals surface area contributed by atoms with Crippen molar-refractivity contribution in [2.45, 2.75) is 39.0 Å². The predicted octanol–water partition coefficient (Wildman–Crippen LogP) is 4.02. The van der Waals surface area contributed by atoms with Gasteiger partial charge in [0.25, 0.3) is 5.91 Å². The largest absolute Gasteiger partial charge is 0.482 e. The number of amides is 1. The lowest BCUT2D eigenvalue weighted by Gasteiger charge is -2.12. The van der Waals surface area contributed by atoms with Gasteiger partial charge >= 0.3 is 6.18 Å². The van der Waals surface area contributed by atoms with Gasteiger partial charge in [-0.15, -0.1) is 0 Å². The predicted molar refractivity (Wildman–Crippen MR) is 116 cm³/mol. The van der Waals surface area contributed by atoms with E-state index in [1.165, 1.54) is 12.3 Å². The number of hydrogen-bond acceptors (Lipinski definition) is 6. The van der Waals surface area contributed by atoms with Crippen molar-refractivity contribution in [3.05, 3.63) is 53.1 Å². The number of aryl methyl sites for hydroxylation is 2. The summed E-state index contributed by atoms with van der Waals surface area (Å²) in [5.74, 6) is 0.389. The summed E-state index contributed by atoms with van der Waals surface area (Å²) < 4.78 is 50.0. The van der Waals surface area contributed by atoms with Crippen LogP contribution in [0.5, 0.6) is 5.75 Å². The number of alkyl halides is 3. The number of halogens is 3. The average molecular weight is 473 g/mol. The van der Waals surface area contributed by atoms with Gasteiger partial charge in [0, 0.05) is 30.6 Å². The van der Waals surface area contributed by atoms with Gasteiger partial charge in [-0.3, -0.25) is 24.3 Å². The molecule has 3 aromatic heterocycles. The van der Waals surface area contributed by atoms with E-state index < -0.39 is 12.8 Å². The number of pyridine rings is 2. The fourth-order valence-corrected chi connectivity index (χ4v) is 4.20. The molecule has 1 saturated heterocycles. The molecule has 0 spiro atoms. The fraction of sp³-hybridized carbons (Fsp3) is 0.391. The molecular formula is C23H22F3N5O3. The molecule has 2 aliphatic rings. The number of rotatable bonds is 5. The van der Waals surface area contributed by atoms with Crippen LogP contribution in [0.3, 0.4) is 0 Å². The summed E-state index contributed by atoms with van der Waals surface area (Å²) in [5.41, 5.74) is 3.16. The van der Waals surface area contributed by atoms with Crippen molar-refractivity contribution in [3.8, 4) is 17.0 Å². The Bertz CT molecular complexity index is 1250. The van der Waals surface area contributed by atoms with Crippen molar-refractivity contribution in [1.29, 1.82) is 0 Å². The zero-order valence-corrected chi connectivity index (χ0v) is 18.6. The van der Waals surface area contributed by atoms with Gasteiger partial charge in [0.05, 0.1) is 41.8 Å². The quantitative estimate of drug-likeness (QED) is 0.557. The maximum absolute atomic E-state index is 13.1. The normalized spacial score (nSPS) is 18.0. The molecule has 8 nitrogen and oxygen atoms in total. The Hall–Kier alpha value is -3.47. The molecule has 0 aliphatic carbocycles. The first-order valence-corrected chi connectivity index (χ1v) is 10.8. The Kier molecular flexibility index (Phi) is 5.51. The van der Waals surface area contributed by atoms with Crippen molar-refractivity contribution in [3.63, 3.8) is 0 Å².